The summed E-state index contributed by atoms with van der Waals surface area (Å²) in [7, 11) is -2.36. The maximum atomic E-state index is 12.3. The van der Waals surface area contributed by atoms with E-state index in [4.69, 9.17) is 8.92 Å². The number of hydrogen-bond donors (Lipinski definition) is 0. The van der Waals surface area contributed by atoms with Crippen LogP contribution < -0.4 is 4.74 Å². The molecule has 2 aromatic carbocycles. The molecule has 0 aliphatic heterocycles. The van der Waals surface area contributed by atoms with Crippen molar-refractivity contribution in [2.24, 2.45) is 0 Å². The molecule has 0 aromatic heterocycles. The van der Waals surface area contributed by atoms with E-state index >= 15 is 0 Å². The highest BCUT2D eigenvalue weighted by Crippen LogP contribution is 2.29. The number of methoxy groups -OCH3 is 1. The van der Waals surface area contributed by atoms with Crippen LogP contribution in [0.5, 0.6) is 5.75 Å². The number of benzene rings is 2. The molecule has 0 N–H and O–H groups in total. The summed E-state index contributed by atoms with van der Waals surface area (Å²) in [6.07, 6.45) is 0. The molecule has 0 unspecified atom stereocenters. The molecule has 5 nitrogen and oxygen atoms in total. The first-order valence-electron chi connectivity index (χ1n) is 7.43. The van der Waals surface area contributed by atoms with Crippen molar-refractivity contribution < 1.29 is 17.3 Å². The topological polar surface area (TPSA) is 76.4 Å². The van der Waals surface area contributed by atoms with Crippen LogP contribution >= 0.6 is 15.9 Å². The zero-order valence-electron chi connectivity index (χ0n) is 14.1. The molecule has 132 valence electrons. The number of nitrogens with zero attached hydrogens (tertiary/aromatic N) is 1. The van der Waals surface area contributed by atoms with Crippen LogP contribution in [0.15, 0.2) is 51.8 Å². The van der Waals surface area contributed by atoms with E-state index in [1.54, 1.807) is 30.3 Å². The van der Waals surface area contributed by atoms with E-state index in [0.29, 0.717) is 11.3 Å². The van der Waals surface area contributed by atoms with Gasteiger partial charge in [-0.2, -0.15) is 13.7 Å². The van der Waals surface area contributed by atoms with Crippen LogP contribution in [0.2, 0.25) is 0 Å². The van der Waals surface area contributed by atoms with Crippen LogP contribution in [-0.2, 0) is 19.7 Å². The van der Waals surface area contributed by atoms with E-state index < -0.39 is 15.5 Å². The van der Waals surface area contributed by atoms with Crippen molar-refractivity contribution >= 4 is 26.0 Å². The van der Waals surface area contributed by atoms with Gasteiger partial charge in [-0.1, -0.05) is 35.8 Å². The SMILES string of the molecule is COc1ccc(C(C)(C)COS(=O)(=O)c2ccc(Br)cc2)cc1C#N. The summed E-state index contributed by atoms with van der Waals surface area (Å²) in [5.74, 6) is 0.477. The van der Waals surface area contributed by atoms with Gasteiger partial charge in [-0.05, 0) is 42.0 Å². The van der Waals surface area contributed by atoms with E-state index in [-0.39, 0.29) is 11.5 Å². The molecular weight excluding hydrogens is 406 g/mol. The molecule has 25 heavy (non-hydrogen) atoms. The summed E-state index contributed by atoms with van der Waals surface area (Å²) in [5, 5.41) is 9.21. The summed E-state index contributed by atoms with van der Waals surface area (Å²) in [6, 6.07) is 13.5. The number of halogens is 1. The minimum atomic E-state index is -3.86. The molecule has 2 rings (SSSR count). The van der Waals surface area contributed by atoms with Crippen molar-refractivity contribution in [1.29, 1.82) is 5.26 Å². The fourth-order valence-corrected chi connectivity index (χ4v) is 3.51. The molecule has 0 aliphatic rings. The molecule has 0 heterocycles. The third kappa shape index (κ3) is 4.60. The highest BCUT2D eigenvalue weighted by molar-refractivity contribution is 9.10. The normalized spacial score (nSPS) is 11.8. The van der Waals surface area contributed by atoms with Crippen molar-refractivity contribution in [3.8, 4) is 11.8 Å². The van der Waals surface area contributed by atoms with Gasteiger partial charge in [0, 0.05) is 9.89 Å². The lowest BCUT2D eigenvalue weighted by Gasteiger charge is -2.25. The monoisotopic (exact) mass is 423 g/mol. The van der Waals surface area contributed by atoms with Crippen molar-refractivity contribution in [3.05, 3.63) is 58.1 Å². The third-order valence-electron chi connectivity index (χ3n) is 3.78. The largest absolute Gasteiger partial charge is 0.495 e. The predicted octanol–water partition coefficient (Wildman–Crippen LogP) is 4.01. The fourth-order valence-electron chi connectivity index (χ4n) is 2.19. The van der Waals surface area contributed by atoms with Crippen LogP contribution in [0.4, 0.5) is 0 Å². The van der Waals surface area contributed by atoms with Crippen molar-refractivity contribution in [1.82, 2.24) is 0 Å². The minimum Gasteiger partial charge on any atom is -0.495 e. The molecule has 0 atom stereocenters. The summed E-state index contributed by atoms with van der Waals surface area (Å²) in [4.78, 5) is 0.0962. The van der Waals surface area contributed by atoms with E-state index in [0.717, 1.165) is 10.0 Å². The lowest BCUT2D eigenvalue weighted by atomic mass is 9.85. The maximum absolute atomic E-state index is 12.3. The smallest absolute Gasteiger partial charge is 0.297 e. The second kappa shape index (κ2) is 7.56. The maximum Gasteiger partial charge on any atom is 0.297 e. The standard InChI is InChI=1S/C18H18BrNO4S/c1-18(2,14-4-9-17(23-3)13(10-14)11-20)12-24-25(21,22)16-7-5-15(19)6-8-16/h4-10H,12H2,1-3H3. The Morgan fingerprint density at radius 2 is 1.80 bits per heavy atom. The molecule has 0 aliphatic carbocycles. The first-order valence-corrected chi connectivity index (χ1v) is 9.63. The summed E-state index contributed by atoms with van der Waals surface area (Å²) in [5.41, 5.74) is 0.569. The van der Waals surface area contributed by atoms with Gasteiger partial charge in [-0.15, -0.1) is 0 Å². The first kappa shape index (κ1) is 19.4. The Morgan fingerprint density at radius 1 is 1.16 bits per heavy atom. The average molecular weight is 424 g/mol. The molecule has 0 saturated heterocycles. The molecule has 0 fully saturated rings. The Morgan fingerprint density at radius 3 is 2.36 bits per heavy atom. The fraction of sp³-hybridized carbons (Fsp3) is 0.278. The van der Waals surface area contributed by atoms with Gasteiger partial charge < -0.3 is 4.74 Å². The van der Waals surface area contributed by atoms with Gasteiger partial charge in [0.1, 0.15) is 11.8 Å². The minimum absolute atomic E-state index is 0.0530. The highest BCUT2D eigenvalue weighted by atomic mass is 79.9. The Balaban J connectivity index is 2.21. The van der Waals surface area contributed by atoms with Gasteiger partial charge in [0.15, 0.2) is 0 Å². The summed E-state index contributed by atoms with van der Waals surface area (Å²) < 4.78 is 35.8. The Hall–Kier alpha value is -1.88. The number of hydrogen-bond acceptors (Lipinski definition) is 5. The molecule has 0 amide bonds. The van der Waals surface area contributed by atoms with Gasteiger partial charge in [0.2, 0.25) is 0 Å². The second-order valence-corrected chi connectivity index (χ2v) is 8.61. The van der Waals surface area contributed by atoms with Crippen LogP contribution in [-0.4, -0.2) is 22.1 Å². The zero-order chi connectivity index (χ0) is 18.7. The van der Waals surface area contributed by atoms with Gasteiger partial charge in [-0.25, -0.2) is 0 Å². The molecule has 0 saturated carbocycles. The molecule has 0 spiro atoms. The van der Waals surface area contributed by atoms with Gasteiger partial charge in [0.05, 0.1) is 24.2 Å². The summed E-state index contributed by atoms with van der Waals surface area (Å²) in [6.45, 7) is 3.66. The van der Waals surface area contributed by atoms with Gasteiger partial charge in [-0.3, -0.25) is 4.18 Å². The molecule has 7 heteroatoms. The van der Waals surface area contributed by atoms with Crippen LogP contribution in [0, 0.1) is 11.3 Å². The second-order valence-electron chi connectivity index (χ2n) is 6.08. The first-order chi connectivity index (χ1) is 11.7. The highest BCUT2D eigenvalue weighted by Gasteiger charge is 2.26. The summed E-state index contributed by atoms with van der Waals surface area (Å²) >= 11 is 3.27. The quantitative estimate of drug-likeness (QED) is 0.655. The van der Waals surface area contributed by atoms with Crippen LogP contribution in [0.1, 0.15) is 25.0 Å². The van der Waals surface area contributed by atoms with Gasteiger partial charge in [0.25, 0.3) is 10.1 Å². The predicted molar refractivity (Wildman–Crippen MR) is 98.0 cm³/mol. The van der Waals surface area contributed by atoms with E-state index in [2.05, 4.69) is 22.0 Å². The Labute approximate surface area is 156 Å². The molecule has 0 radical (unpaired) electrons. The van der Waals surface area contributed by atoms with E-state index in [1.807, 2.05) is 13.8 Å². The number of ether oxygens (including phenoxy) is 1. The molecule has 2 aromatic rings. The Kier molecular flexibility index (Phi) is 5.88. The zero-order valence-corrected chi connectivity index (χ0v) is 16.5. The lowest BCUT2D eigenvalue weighted by Crippen LogP contribution is -2.26. The Bertz CT molecular complexity index is 900. The number of rotatable bonds is 6. The molecule has 0 bridgehead atoms. The van der Waals surface area contributed by atoms with E-state index in [9.17, 15) is 13.7 Å². The lowest BCUT2D eigenvalue weighted by molar-refractivity contribution is 0.245. The van der Waals surface area contributed by atoms with Crippen molar-refractivity contribution in [3.63, 3.8) is 0 Å². The van der Waals surface area contributed by atoms with Crippen LogP contribution in [0.25, 0.3) is 0 Å². The van der Waals surface area contributed by atoms with Crippen molar-refractivity contribution in [2.45, 2.75) is 24.2 Å². The van der Waals surface area contributed by atoms with Crippen molar-refractivity contribution in [2.75, 3.05) is 13.7 Å². The molecular formula is C18H18BrNO4S. The van der Waals surface area contributed by atoms with Gasteiger partial charge >= 0.3 is 0 Å². The van der Waals surface area contributed by atoms with E-state index in [1.165, 1.54) is 19.2 Å². The average Bonchev–Trinajstić information content (AvgIpc) is 2.60. The third-order valence-corrected chi connectivity index (χ3v) is 5.58. The van der Waals surface area contributed by atoms with Crippen LogP contribution in [0.3, 0.4) is 0 Å². The number of nitriles is 1.